The van der Waals surface area contributed by atoms with Gasteiger partial charge in [0.15, 0.2) is 6.61 Å². The van der Waals surface area contributed by atoms with Crippen molar-refractivity contribution in [1.29, 1.82) is 0 Å². The number of carbonyl (C=O) groups excluding carboxylic acids is 1. The Morgan fingerprint density at radius 2 is 1.75 bits per heavy atom. The van der Waals surface area contributed by atoms with Crippen LogP contribution in [0.15, 0.2) is 42.5 Å². The van der Waals surface area contributed by atoms with Crippen molar-refractivity contribution in [2.75, 3.05) is 11.9 Å². The summed E-state index contributed by atoms with van der Waals surface area (Å²) in [5.41, 5.74) is 3.57. The molecule has 0 spiro atoms. The van der Waals surface area contributed by atoms with Crippen molar-refractivity contribution in [2.45, 2.75) is 26.7 Å². The average molecular weight is 327 g/mol. The van der Waals surface area contributed by atoms with Crippen LogP contribution in [0.2, 0.25) is 0 Å². The first-order valence-electron chi connectivity index (χ1n) is 7.69. The van der Waals surface area contributed by atoms with E-state index in [1.165, 1.54) is 5.56 Å². The number of hydrogen-bond donors (Lipinski definition) is 2. The number of aliphatic carboxylic acids is 1. The predicted octanol–water partition coefficient (Wildman–Crippen LogP) is 3.51. The van der Waals surface area contributed by atoms with Crippen LogP contribution < -0.4 is 10.1 Å². The van der Waals surface area contributed by atoms with Crippen LogP contribution in [0.25, 0.3) is 0 Å². The Labute approximate surface area is 141 Å². The van der Waals surface area contributed by atoms with Crippen molar-refractivity contribution in [2.24, 2.45) is 0 Å². The van der Waals surface area contributed by atoms with Crippen LogP contribution >= 0.6 is 0 Å². The van der Waals surface area contributed by atoms with Crippen LogP contribution in [-0.2, 0) is 9.59 Å². The SMILES string of the molecule is Cc1ccc(OCC(=O)Nc2ccc(C(C)C(=O)O)cc2)cc1C. The Morgan fingerprint density at radius 3 is 2.33 bits per heavy atom. The van der Waals surface area contributed by atoms with E-state index in [-0.39, 0.29) is 12.5 Å². The van der Waals surface area contributed by atoms with Crippen LogP contribution in [-0.4, -0.2) is 23.6 Å². The molecule has 0 saturated heterocycles. The van der Waals surface area contributed by atoms with Crippen molar-refractivity contribution in [3.63, 3.8) is 0 Å². The van der Waals surface area contributed by atoms with E-state index in [9.17, 15) is 9.59 Å². The molecular formula is C19H21NO4. The molecule has 2 aromatic carbocycles. The van der Waals surface area contributed by atoms with Gasteiger partial charge in [0.05, 0.1) is 5.92 Å². The van der Waals surface area contributed by atoms with Gasteiger partial charge < -0.3 is 15.2 Å². The summed E-state index contributed by atoms with van der Waals surface area (Å²) in [7, 11) is 0. The highest BCUT2D eigenvalue weighted by Gasteiger charge is 2.13. The van der Waals surface area contributed by atoms with Gasteiger partial charge in [-0.3, -0.25) is 9.59 Å². The lowest BCUT2D eigenvalue weighted by molar-refractivity contribution is -0.138. The zero-order valence-corrected chi connectivity index (χ0v) is 14.0. The fourth-order valence-electron chi connectivity index (χ4n) is 2.15. The van der Waals surface area contributed by atoms with E-state index in [0.29, 0.717) is 17.0 Å². The third-order valence-corrected chi connectivity index (χ3v) is 3.91. The lowest BCUT2D eigenvalue weighted by Crippen LogP contribution is -2.20. The number of ether oxygens (including phenoxy) is 1. The van der Waals surface area contributed by atoms with Crippen molar-refractivity contribution in [3.8, 4) is 5.75 Å². The van der Waals surface area contributed by atoms with Gasteiger partial charge in [0.1, 0.15) is 5.75 Å². The minimum atomic E-state index is -0.881. The van der Waals surface area contributed by atoms with Gasteiger partial charge in [-0.1, -0.05) is 18.2 Å². The summed E-state index contributed by atoms with van der Waals surface area (Å²) in [5.74, 6) is -1.08. The summed E-state index contributed by atoms with van der Waals surface area (Å²) in [4.78, 5) is 22.9. The number of nitrogens with one attached hydrogen (secondary N) is 1. The van der Waals surface area contributed by atoms with Crippen molar-refractivity contribution in [1.82, 2.24) is 0 Å². The molecule has 0 aliphatic rings. The molecule has 2 rings (SSSR count). The van der Waals surface area contributed by atoms with E-state index in [4.69, 9.17) is 9.84 Å². The molecule has 1 atom stereocenters. The normalized spacial score (nSPS) is 11.6. The van der Waals surface area contributed by atoms with Crippen molar-refractivity contribution < 1.29 is 19.4 Å². The van der Waals surface area contributed by atoms with E-state index < -0.39 is 11.9 Å². The number of benzene rings is 2. The van der Waals surface area contributed by atoms with Gasteiger partial charge in [0.2, 0.25) is 0 Å². The molecular weight excluding hydrogens is 306 g/mol. The maximum absolute atomic E-state index is 11.9. The molecule has 1 unspecified atom stereocenters. The number of anilines is 1. The molecule has 2 aromatic rings. The van der Waals surface area contributed by atoms with Crippen LogP contribution in [0.5, 0.6) is 5.75 Å². The van der Waals surface area contributed by atoms with Crippen LogP contribution in [0.1, 0.15) is 29.5 Å². The Balaban J connectivity index is 1.90. The second-order valence-corrected chi connectivity index (χ2v) is 5.76. The van der Waals surface area contributed by atoms with Crippen LogP contribution in [0.4, 0.5) is 5.69 Å². The molecule has 126 valence electrons. The highest BCUT2D eigenvalue weighted by molar-refractivity contribution is 5.92. The summed E-state index contributed by atoms with van der Waals surface area (Å²) in [5, 5.41) is 11.7. The fourth-order valence-corrected chi connectivity index (χ4v) is 2.15. The quantitative estimate of drug-likeness (QED) is 0.851. The van der Waals surface area contributed by atoms with Crippen LogP contribution in [0.3, 0.4) is 0 Å². The molecule has 0 bridgehead atoms. The highest BCUT2D eigenvalue weighted by atomic mass is 16.5. The predicted molar refractivity (Wildman–Crippen MR) is 92.5 cm³/mol. The number of amides is 1. The maximum Gasteiger partial charge on any atom is 0.310 e. The Bertz CT molecular complexity index is 738. The lowest BCUT2D eigenvalue weighted by Gasteiger charge is -2.10. The zero-order chi connectivity index (χ0) is 17.7. The van der Waals surface area contributed by atoms with E-state index in [1.54, 1.807) is 31.2 Å². The molecule has 0 heterocycles. The van der Waals surface area contributed by atoms with Crippen molar-refractivity contribution in [3.05, 3.63) is 59.2 Å². The summed E-state index contributed by atoms with van der Waals surface area (Å²) >= 11 is 0. The van der Waals surface area contributed by atoms with E-state index in [0.717, 1.165) is 5.56 Å². The summed E-state index contributed by atoms with van der Waals surface area (Å²) < 4.78 is 5.48. The fraction of sp³-hybridized carbons (Fsp3) is 0.263. The standard InChI is InChI=1S/C19H21NO4/c1-12-4-9-17(10-13(12)2)24-11-18(21)20-16-7-5-15(6-8-16)14(3)19(22)23/h4-10,14H,11H2,1-3H3,(H,20,21)(H,22,23). The number of carbonyl (C=O) groups is 2. The smallest absolute Gasteiger partial charge is 0.310 e. The first-order chi connectivity index (χ1) is 11.4. The molecule has 5 heteroatoms. The van der Waals surface area contributed by atoms with E-state index in [1.807, 2.05) is 32.0 Å². The molecule has 0 radical (unpaired) electrons. The minimum absolute atomic E-state index is 0.0875. The largest absolute Gasteiger partial charge is 0.484 e. The summed E-state index contributed by atoms with van der Waals surface area (Å²) in [6.45, 7) is 5.53. The number of hydrogen-bond acceptors (Lipinski definition) is 3. The highest BCUT2D eigenvalue weighted by Crippen LogP contribution is 2.19. The summed E-state index contributed by atoms with van der Waals surface area (Å²) in [6.07, 6.45) is 0. The minimum Gasteiger partial charge on any atom is -0.484 e. The molecule has 1 amide bonds. The van der Waals surface area contributed by atoms with Crippen molar-refractivity contribution >= 4 is 17.6 Å². The second-order valence-electron chi connectivity index (χ2n) is 5.76. The first-order valence-corrected chi connectivity index (χ1v) is 7.69. The first kappa shape index (κ1) is 17.5. The maximum atomic E-state index is 11.9. The Kier molecular flexibility index (Phi) is 5.58. The molecule has 0 aliphatic heterocycles. The van der Waals surface area contributed by atoms with Gasteiger partial charge in [0.25, 0.3) is 5.91 Å². The van der Waals surface area contributed by atoms with Gasteiger partial charge in [0, 0.05) is 5.69 Å². The molecule has 5 nitrogen and oxygen atoms in total. The van der Waals surface area contributed by atoms with Gasteiger partial charge >= 0.3 is 5.97 Å². The van der Waals surface area contributed by atoms with Gasteiger partial charge in [-0.25, -0.2) is 0 Å². The molecule has 0 aromatic heterocycles. The number of rotatable bonds is 6. The zero-order valence-electron chi connectivity index (χ0n) is 14.0. The lowest BCUT2D eigenvalue weighted by atomic mass is 10.0. The van der Waals surface area contributed by atoms with Crippen LogP contribution in [0, 0.1) is 13.8 Å². The monoisotopic (exact) mass is 327 g/mol. The Hall–Kier alpha value is -2.82. The molecule has 0 saturated carbocycles. The van der Waals surface area contributed by atoms with Gasteiger partial charge in [-0.2, -0.15) is 0 Å². The molecule has 0 aliphatic carbocycles. The van der Waals surface area contributed by atoms with Gasteiger partial charge in [-0.15, -0.1) is 0 Å². The number of carboxylic acids is 1. The third kappa shape index (κ3) is 4.59. The molecule has 0 fully saturated rings. The average Bonchev–Trinajstić information content (AvgIpc) is 2.56. The molecule has 24 heavy (non-hydrogen) atoms. The summed E-state index contributed by atoms with van der Waals surface area (Å²) in [6, 6.07) is 12.4. The van der Waals surface area contributed by atoms with E-state index >= 15 is 0 Å². The number of aryl methyl sites for hydroxylation is 2. The van der Waals surface area contributed by atoms with E-state index in [2.05, 4.69) is 5.32 Å². The second kappa shape index (κ2) is 7.64. The Morgan fingerprint density at radius 1 is 1.08 bits per heavy atom. The number of carboxylic acid groups (broad SMARTS) is 1. The molecule has 2 N–H and O–H groups in total. The third-order valence-electron chi connectivity index (χ3n) is 3.91. The van der Waals surface area contributed by atoms with Gasteiger partial charge in [-0.05, 0) is 61.7 Å². The topological polar surface area (TPSA) is 75.6 Å².